The Labute approximate surface area is 195 Å². The van der Waals surface area contributed by atoms with Crippen molar-refractivity contribution < 1.29 is 23.5 Å². The third-order valence-electron chi connectivity index (χ3n) is 5.41. The minimum atomic E-state index is -0.463. The normalized spacial score (nSPS) is 16.2. The summed E-state index contributed by atoms with van der Waals surface area (Å²) in [5.41, 5.74) is 2.87. The van der Waals surface area contributed by atoms with Crippen LogP contribution in [0.15, 0.2) is 52.7 Å². The summed E-state index contributed by atoms with van der Waals surface area (Å²) < 4.78 is 29.3. The Hall–Kier alpha value is -3.50. The Morgan fingerprint density at radius 1 is 1.21 bits per heavy atom. The minimum Gasteiger partial charge on any atom is -0.504 e. The van der Waals surface area contributed by atoms with E-state index < -0.39 is 6.04 Å². The van der Waals surface area contributed by atoms with E-state index in [1.54, 1.807) is 31.4 Å². The highest BCUT2D eigenvalue weighted by Crippen LogP contribution is 2.39. The molecule has 0 spiro atoms. The number of hydrogen-bond acceptors (Lipinski definition) is 7. The fourth-order valence-electron chi connectivity index (χ4n) is 3.70. The smallest absolute Gasteiger partial charge is 0.258 e. The molecule has 0 radical (unpaired) electrons. The summed E-state index contributed by atoms with van der Waals surface area (Å²) in [5.74, 6) is 0.624. The SMILES string of the molecule is COCCN1C(=S)NC(c2ccc(OC)c(O)c2)C(c2nc(-c3ccc(F)cc3)no2)=C1C. The maximum absolute atomic E-state index is 13.3. The number of methoxy groups -OCH3 is 2. The lowest BCUT2D eigenvalue weighted by atomic mass is 9.94. The van der Waals surface area contributed by atoms with E-state index in [1.807, 2.05) is 17.9 Å². The fourth-order valence-corrected chi connectivity index (χ4v) is 4.04. The highest BCUT2D eigenvalue weighted by molar-refractivity contribution is 7.80. The van der Waals surface area contributed by atoms with Crippen molar-refractivity contribution in [1.29, 1.82) is 0 Å². The van der Waals surface area contributed by atoms with Crippen molar-refractivity contribution >= 4 is 22.9 Å². The van der Waals surface area contributed by atoms with Crippen molar-refractivity contribution in [3.8, 4) is 22.9 Å². The van der Waals surface area contributed by atoms with Crippen molar-refractivity contribution in [3.05, 3.63) is 65.4 Å². The molecule has 0 fully saturated rings. The second-order valence-electron chi connectivity index (χ2n) is 7.39. The van der Waals surface area contributed by atoms with Gasteiger partial charge in [0.25, 0.3) is 5.89 Å². The molecule has 4 rings (SSSR count). The van der Waals surface area contributed by atoms with Crippen molar-refractivity contribution in [2.45, 2.75) is 13.0 Å². The van der Waals surface area contributed by atoms with Gasteiger partial charge in [0.1, 0.15) is 5.82 Å². The lowest BCUT2D eigenvalue weighted by Crippen LogP contribution is -2.47. The third-order valence-corrected chi connectivity index (χ3v) is 5.75. The zero-order valence-electron chi connectivity index (χ0n) is 18.3. The van der Waals surface area contributed by atoms with E-state index in [2.05, 4.69) is 15.5 Å². The molecule has 1 aliphatic heterocycles. The molecule has 1 aliphatic rings. The first-order valence-electron chi connectivity index (χ1n) is 10.2. The summed E-state index contributed by atoms with van der Waals surface area (Å²) in [4.78, 5) is 6.47. The number of phenolic OH excluding ortho intramolecular Hbond substituents is 1. The molecule has 33 heavy (non-hydrogen) atoms. The van der Waals surface area contributed by atoms with Crippen LogP contribution in [0.2, 0.25) is 0 Å². The second-order valence-corrected chi connectivity index (χ2v) is 7.77. The van der Waals surface area contributed by atoms with Crippen LogP contribution in [-0.4, -0.2) is 52.6 Å². The van der Waals surface area contributed by atoms with Crippen molar-refractivity contribution in [2.75, 3.05) is 27.4 Å². The topological polar surface area (TPSA) is 92.9 Å². The quantitative estimate of drug-likeness (QED) is 0.499. The Morgan fingerprint density at radius 2 is 1.97 bits per heavy atom. The monoisotopic (exact) mass is 470 g/mol. The number of nitrogens with one attached hydrogen (secondary N) is 1. The molecule has 0 aliphatic carbocycles. The van der Waals surface area contributed by atoms with Crippen LogP contribution in [0.25, 0.3) is 17.0 Å². The number of thiocarbonyl (C=S) groups is 1. The summed E-state index contributed by atoms with van der Waals surface area (Å²) in [6, 6.07) is 10.5. The van der Waals surface area contributed by atoms with Gasteiger partial charge in [-0.2, -0.15) is 4.98 Å². The molecule has 1 atom stereocenters. The highest BCUT2D eigenvalue weighted by Gasteiger charge is 2.34. The molecule has 8 nitrogen and oxygen atoms in total. The molecule has 0 bridgehead atoms. The largest absolute Gasteiger partial charge is 0.504 e. The van der Waals surface area contributed by atoms with E-state index in [-0.39, 0.29) is 17.5 Å². The summed E-state index contributed by atoms with van der Waals surface area (Å²) in [6.45, 7) is 2.90. The Morgan fingerprint density at radius 3 is 2.64 bits per heavy atom. The average molecular weight is 471 g/mol. The van der Waals surface area contributed by atoms with Gasteiger partial charge in [0.15, 0.2) is 16.6 Å². The van der Waals surface area contributed by atoms with E-state index in [1.165, 1.54) is 19.2 Å². The van der Waals surface area contributed by atoms with Crippen LogP contribution in [0.5, 0.6) is 11.5 Å². The molecule has 0 saturated carbocycles. The van der Waals surface area contributed by atoms with Gasteiger partial charge in [-0.3, -0.25) is 0 Å². The highest BCUT2D eigenvalue weighted by atomic mass is 32.1. The Balaban J connectivity index is 1.80. The van der Waals surface area contributed by atoms with E-state index in [4.69, 9.17) is 26.2 Å². The summed E-state index contributed by atoms with van der Waals surface area (Å²) >= 11 is 5.61. The minimum absolute atomic E-state index is 0.000866. The maximum atomic E-state index is 13.3. The molecule has 0 amide bonds. The van der Waals surface area contributed by atoms with Gasteiger partial charge < -0.3 is 29.3 Å². The van der Waals surface area contributed by atoms with Crippen LogP contribution in [0.1, 0.15) is 24.4 Å². The van der Waals surface area contributed by atoms with Crippen LogP contribution < -0.4 is 10.1 Å². The van der Waals surface area contributed by atoms with E-state index >= 15 is 0 Å². The zero-order valence-corrected chi connectivity index (χ0v) is 19.1. The molecule has 2 aromatic carbocycles. The summed E-state index contributed by atoms with van der Waals surface area (Å²) in [5, 5.41) is 18.2. The van der Waals surface area contributed by atoms with E-state index in [0.29, 0.717) is 41.0 Å². The molecule has 0 saturated heterocycles. The van der Waals surface area contributed by atoms with Crippen molar-refractivity contribution in [3.63, 3.8) is 0 Å². The van der Waals surface area contributed by atoms with Crippen molar-refractivity contribution in [1.82, 2.24) is 20.4 Å². The predicted molar refractivity (Wildman–Crippen MR) is 124 cm³/mol. The maximum Gasteiger partial charge on any atom is 0.258 e. The first-order valence-corrected chi connectivity index (χ1v) is 10.6. The Kier molecular flexibility index (Phi) is 6.57. The van der Waals surface area contributed by atoms with Crippen molar-refractivity contribution in [2.24, 2.45) is 0 Å². The lowest BCUT2D eigenvalue weighted by molar-refractivity contribution is 0.183. The van der Waals surface area contributed by atoms with Gasteiger partial charge in [-0.05, 0) is 61.1 Å². The fraction of sp³-hybridized carbons (Fsp3) is 0.261. The van der Waals surface area contributed by atoms with E-state index in [9.17, 15) is 9.50 Å². The van der Waals surface area contributed by atoms with Gasteiger partial charge in [-0.1, -0.05) is 11.2 Å². The first kappa shape index (κ1) is 22.7. The van der Waals surface area contributed by atoms with Crippen LogP contribution in [-0.2, 0) is 4.74 Å². The van der Waals surface area contributed by atoms with Gasteiger partial charge in [0, 0.05) is 24.9 Å². The number of nitrogens with zero attached hydrogens (tertiary/aromatic N) is 3. The number of rotatable bonds is 7. The van der Waals surface area contributed by atoms with Gasteiger partial charge in [-0.25, -0.2) is 4.39 Å². The Bertz CT molecular complexity index is 1200. The molecular formula is C23H23FN4O4S. The second kappa shape index (κ2) is 9.55. The molecule has 2 N–H and O–H groups in total. The zero-order chi connectivity index (χ0) is 23.5. The first-order chi connectivity index (χ1) is 15.9. The number of hydrogen-bond donors (Lipinski definition) is 2. The number of benzene rings is 2. The van der Waals surface area contributed by atoms with Gasteiger partial charge in [0.2, 0.25) is 5.82 Å². The van der Waals surface area contributed by atoms with Crippen LogP contribution in [0.3, 0.4) is 0 Å². The van der Waals surface area contributed by atoms with E-state index in [0.717, 1.165) is 11.3 Å². The van der Waals surface area contributed by atoms with Crippen LogP contribution in [0, 0.1) is 5.82 Å². The van der Waals surface area contributed by atoms with Gasteiger partial charge >= 0.3 is 0 Å². The number of aromatic hydroxyl groups is 1. The van der Waals surface area contributed by atoms with Gasteiger partial charge in [-0.15, -0.1) is 0 Å². The van der Waals surface area contributed by atoms with Crippen LogP contribution in [0.4, 0.5) is 4.39 Å². The molecule has 10 heteroatoms. The van der Waals surface area contributed by atoms with Crippen LogP contribution >= 0.6 is 12.2 Å². The number of aromatic nitrogens is 2. The number of halogens is 1. The lowest BCUT2D eigenvalue weighted by Gasteiger charge is -2.37. The molecule has 172 valence electrons. The van der Waals surface area contributed by atoms with Gasteiger partial charge in [0.05, 0.1) is 25.3 Å². The molecule has 2 heterocycles. The molecule has 1 aromatic heterocycles. The molecule has 3 aromatic rings. The average Bonchev–Trinajstić information content (AvgIpc) is 3.28. The third kappa shape index (κ3) is 4.53. The predicted octanol–water partition coefficient (Wildman–Crippen LogP) is 3.90. The molecular weight excluding hydrogens is 447 g/mol. The summed E-state index contributed by atoms with van der Waals surface area (Å²) in [7, 11) is 3.11. The number of phenols is 1. The number of ether oxygens (including phenoxy) is 2. The number of allylic oxidation sites excluding steroid dienone is 1. The summed E-state index contributed by atoms with van der Waals surface area (Å²) in [6.07, 6.45) is 0. The molecule has 1 unspecified atom stereocenters. The standard InChI is InChI=1S/C23H23FN4O4S/c1-13-19(22-26-21(27-32-22)14-4-7-16(24)8-5-14)20(25-23(33)28(13)10-11-30-2)15-6-9-18(31-3)17(29)12-15/h4-9,12,20,29H,10-11H2,1-3H3,(H,25,33).